The molecule has 0 spiro atoms. The molecule has 3 heterocycles. The summed E-state index contributed by atoms with van der Waals surface area (Å²) in [5.41, 5.74) is 1.78. The maximum Gasteiger partial charge on any atom is 0.515 e. The number of nitrogens with zero attached hydrogens (tertiary/aromatic N) is 4. The molecule has 0 radical (unpaired) electrons. The molecule has 2 N–H and O–H groups in total. The number of likely N-dealkylation sites (tertiary alicyclic amines) is 2. The van der Waals surface area contributed by atoms with Crippen molar-refractivity contribution in [3.05, 3.63) is 62.5 Å². The fourth-order valence-corrected chi connectivity index (χ4v) is 8.14. The Kier molecular flexibility index (Phi) is 9.44. The first kappa shape index (κ1) is 31.1. The molecule has 3 amide bonds. The monoisotopic (exact) mass is 704 g/mol. The van der Waals surface area contributed by atoms with Crippen molar-refractivity contribution in [3.63, 3.8) is 0 Å². The Bertz CT molecular complexity index is 1330. The van der Waals surface area contributed by atoms with Crippen molar-refractivity contribution in [1.82, 2.24) is 14.7 Å². The van der Waals surface area contributed by atoms with E-state index in [9.17, 15) is 19.5 Å². The number of hydrogen-bond acceptors (Lipinski definition) is 5. The number of quaternary nitrogens is 1. The molecule has 0 saturated carbocycles. The van der Waals surface area contributed by atoms with Crippen molar-refractivity contribution < 1.29 is 24.0 Å². The molecule has 5 rings (SSSR count). The number of carbonyl (C=O) groups excluding carboxylic acids is 2. The van der Waals surface area contributed by atoms with Crippen molar-refractivity contribution in [2.24, 2.45) is 0 Å². The van der Waals surface area contributed by atoms with E-state index in [4.69, 9.17) is 0 Å². The predicted octanol–water partition coefficient (Wildman–Crippen LogP) is 5.77. The number of carbonyl (C=O) groups is 3. The first-order valence-corrected chi connectivity index (χ1v) is 16.2. The number of anilines is 1. The number of benzene rings is 2. The molecular formula is C31H40Br2N5O4+. The number of halogens is 2. The average Bonchev–Trinajstić information content (AvgIpc) is 3.14. The van der Waals surface area contributed by atoms with Crippen LogP contribution in [0.25, 0.3) is 0 Å². The lowest BCUT2D eigenvalue weighted by Gasteiger charge is -2.59. The van der Waals surface area contributed by atoms with Crippen LogP contribution in [0, 0.1) is 0 Å². The SMILES string of the molecule is CN(C)C1CCN(C2(CC=O)CC(N3CCc4ccccc4NC3=O)CC[N@+]2(Cc2ccc(Br)c(Br)c2)C(=O)O)CC1. The highest BCUT2D eigenvalue weighted by molar-refractivity contribution is 9.13. The summed E-state index contributed by atoms with van der Waals surface area (Å²) in [6, 6.07) is 13.7. The highest BCUT2D eigenvalue weighted by atomic mass is 79.9. The summed E-state index contributed by atoms with van der Waals surface area (Å²) < 4.78 is 1.48. The Morgan fingerprint density at radius 2 is 1.86 bits per heavy atom. The second kappa shape index (κ2) is 12.7. The quantitative estimate of drug-likeness (QED) is 0.281. The van der Waals surface area contributed by atoms with Gasteiger partial charge in [-0.25, -0.2) is 9.28 Å². The van der Waals surface area contributed by atoms with Crippen LogP contribution in [0.15, 0.2) is 51.4 Å². The molecule has 3 aliphatic heterocycles. The summed E-state index contributed by atoms with van der Waals surface area (Å²) in [4.78, 5) is 46.1. The lowest BCUT2D eigenvalue weighted by Crippen LogP contribution is -2.78. The van der Waals surface area contributed by atoms with Crippen LogP contribution >= 0.6 is 31.9 Å². The second-order valence-electron chi connectivity index (χ2n) is 12.1. The number of urea groups is 1. The molecule has 2 unspecified atom stereocenters. The minimum atomic E-state index is -1.01. The molecule has 3 aliphatic rings. The van der Waals surface area contributed by atoms with Gasteiger partial charge in [0.05, 0.1) is 13.0 Å². The van der Waals surface area contributed by atoms with Gasteiger partial charge in [-0.15, -0.1) is 0 Å². The van der Waals surface area contributed by atoms with E-state index in [1.54, 1.807) is 0 Å². The molecule has 2 aromatic carbocycles. The van der Waals surface area contributed by atoms with Gasteiger partial charge in [-0.1, -0.05) is 24.3 Å². The lowest BCUT2D eigenvalue weighted by atomic mass is 9.81. The molecule has 3 atom stereocenters. The number of carboxylic acid groups (broad SMARTS) is 1. The summed E-state index contributed by atoms with van der Waals surface area (Å²) in [5.74, 6) is 0. The van der Waals surface area contributed by atoms with Gasteiger partial charge in [0.2, 0.25) is 0 Å². The summed E-state index contributed by atoms with van der Waals surface area (Å²) in [7, 11) is 4.16. The van der Waals surface area contributed by atoms with Gasteiger partial charge in [-0.05, 0) is 89.0 Å². The van der Waals surface area contributed by atoms with Gasteiger partial charge in [0.25, 0.3) is 0 Å². The number of rotatable bonds is 7. The fraction of sp³-hybridized carbons (Fsp3) is 0.516. The Labute approximate surface area is 264 Å². The van der Waals surface area contributed by atoms with Gasteiger partial charge >= 0.3 is 12.1 Å². The maximum atomic E-state index is 13.6. The number of nitrogens with one attached hydrogen (secondary N) is 1. The standard InChI is InChI=1S/C31H39Br2N5O4/c1-35(2)24-10-14-36(15-11-24)31(13-18-39)20-25(37-16-9-23-5-3-4-6-28(23)34-29(37)40)12-17-38(31,30(41)42)21-22-7-8-26(32)27(33)19-22/h3-8,18-19,24-25H,9-17,20-21H2,1-2H3,(H-,34,40,41,42)/p+1/t25?,31?,38-/m0/s1. The highest BCUT2D eigenvalue weighted by Crippen LogP contribution is 2.46. The second-order valence-corrected chi connectivity index (χ2v) is 13.8. The van der Waals surface area contributed by atoms with Crippen molar-refractivity contribution in [1.29, 1.82) is 0 Å². The summed E-state index contributed by atoms with van der Waals surface area (Å²) in [6.45, 7) is 2.48. The van der Waals surface area contributed by atoms with Crippen LogP contribution in [0.1, 0.15) is 43.2 Å². The van der Waals surface area contributed by atoms with E-state index in [-0.39, 0.29) is 29.5 Å². The molecule has 2 saturated heterocycles. The zero-order valence-corrected chi connectivity index (χ0v) is 27.4. The molecule has 2 fully saturated rings. The third-order valence-electron chi connectivity index (χ3n) is 9.78. The van der Waals surface area contributed by atoms with Crippen LogP contribution in [0.4, 0.5) is 15.3 Å². The van der Waals surface area contributed by atoms with Gasteiger partial charge in [0.1, 0.15) is 12.8 Å². The van der Waals surface area contributed by atoms with Gasteiger partial charge in [0, 0.05) is 64.8 Å². The molecule has 42 heavy (non-hydrogen) atoms. The Morgan fingerprint density at radius 1 is 1.12 bits per heavy atom. The average molecular weight is 707 g/mol. The smallest absolute Gasteiger partial charge is 0.435 e. The van der Waals surface area contributed by atoms with Crippen LogP contribution in [0.5, 0.6) is 0 Å². The molecule has 0 aliphatic carbocycles. The topological polar surface area (TPSA) is 93.2 Å². The van der Waals surface area contributed by atoms with Crippen LogP contribution in [-0.2, 0) is 17.8 Å². The molecule has 2 aromatic rings. The van der Waals surface area contributed by atoms with Gasteiger partial charge < -0.3 is 25.0 Å². The number of fused-ring (bicyclic) bond motifs is 1. The summed E-state index contributed by atoms with van der Waals surface area (Å²) >= 11 is 7.11. The number of amides is 3. The molecule has 0 bridgehead atoms. The number of hydrogen-bond donors (Lipinski definition) is 2. The third kappa shape index (κ3) is 5.78. The minimum Gasteiger partial charge on any atom is -0.435 e. The number of aldehydes is 1. The van der Waals surface area contributed by atoms with Crippen molar-refractivity contribution in [2.45, 2.75) is 62.8 Å². The maximum absolute atomic E-state index is 13.6. The van der Waals surface area contributed by atoms with E-state index >= 15 is 0 Å². The largest absolute Gasteiger partial charge is 0.515 e. The van der Waals surface area contributed by atoms with Crippen molar-refractivity contribution in [3.8, 4) is 0 Å². The van der Waals surface area contributed by atoms with E-state index in [2.05, 4.69) is 61.1 Å². The Balaban J connectivity index is 1.55. The van der Waals surface area contributed by atoms with Crippen LogP contribution < -0.4 is 5.32 Å². The van der Waals surface area contributed by atoms with E-state index in [0.717, 1.165) is 44.9 Å². The zero-order valence-electron chi connectivity index (χ0n) is 24.3. The molecule has 11 heteroatoms. The summed E-state index contributed by atoms with van der Waals surface area (Å²) in [5, 5.41) is 14.2. The molecule has 0 aromatic heterocycles. The zero-order chi connectivity index (χ0) is 30.1. The van der Waals surface area contributed by atoms with E-state index in [1.165, 1.54) is 0 Å². The lowest BCUT2D eigenvalue weighted by molar-refractivity contribution is -0.942. The first-order chi connectivity index (χ1) is 20.1. The highest BCUT2D eigenvalue weighted by Gasteiger charge is 2.63. The normalized spacial score (nSPS) is 27.3. The van der Waals surface area contributed by atoms with Gasteiger partial charge in [-0.2, -0.15) is 4.79 Å². The predicted molar refractivity (Wildman–Crippen MR) is 169 cm³/mol. The molecular weight excluding hydrogens is 666 g/mol. The minimum absolute atomic E-state index is 0.0792. The number of piperidine rings is 2. The van der Waals surface area contributed by atoms with Gasteiger partial charge in [-0.3, -0.25) is 4.90 Å². The van der Waals surface area contributed by atoms with E-state index < -0.39 is 11.8 Å². The van der Waals surface area contributed by atoms with Crippen LogP contribution in [0.2, 0.25) is 0 Å². The molecule has 226 valence electrons. The first-order valence-electron chi connectivity index (χ1n) is 14.7. The van der Waals surface area contributed by atoms with Crippen molar-refractivity contribution in [2.75, 3.05) is 45.6 Å². The van der Waals surface area contributed by atoms with Gasteiger partial charge in [0.15, 0.2) is 5.66 Å². The van der Waals surface area contributed by atoms with Crippen LogP contribution in [-0.4, -0.2) is 101 Å². The Hall–Kier alpha value is -2.31. The van der Waals surface area contributed by atoms with Crippen molar-refractivity contribution >= 4 is 56.0 Å². The fourth-order valence-electron chi connectivity index (χ4n) is 7.47. The van der Waals surface area contributed by atoms with E-state index in [0.29, 0.717) is 51.5 Å². The van der Waals surface area contributed by atoms with Crippen LogP contribution in [0.3, 0.4) is 0 Å². The third-order valence-corrected chi connectivity index (χ3v) is 11.7. The summed E-state index contributed by atoms with van der Waals surface area (Å²) in [6.07, 6.45) is 3.47. The number of para-hydroxylation sites is 1. The molecule has 9 nitrogen and oxygen atoms in total. The van der Waals surface area contributed by atoms with E-state index in [1.807, 2.05) is 47.4 Å². The Morgan fingerprint density at radius 3 is 2.52 bits per heavy atom.